The fraction of sp³-hybridized carbons (Fsp3) is 0.625. The zero-order valence-corrected chi connectivity index (χ0v) is 11.2. The van der Waals surface area contributed by atoms with Crippen molar-refractivity contribution in [3.63, 3.8) is 0 Å². The van der Waals surface area contributed by atoms with Crippen LogP contribution in [0.3, 0.4) is 0 Å². The summed E-state index contributed by atoms with van der Waals surface area (Å²) in [5.41, 5.74) is 0.261. The van der Waals surface area contributed by atoms with Crippen LogP contribution in [0.5, 0.6) is 0 Å². The first-order chi connectivity index (χ1) is 5.70. The number of ether oxygens (including phenoxy) is 1. The molecule has 0 saturated carbocycles. The van der Waals surface area contributed by atoms with Gasteiger partial charge in [-0.3, -0.25) is 0 Å². The van der Waals surface area contributed by atoms with Gasteiger partial charge in [-0.05, 0) is 12.5 Å². The molecule has 1 saturated heterocycles. The largest absolute Gasteiger partial charge is 1.00 e. The second-order valence-electron chi connectivity index (χ2n) is 2.75. The Hall–Kier alpha value is 0.606. The molecule has 0 radical (unpaired) electrons. The van der Waals surface area contributed by atoms with Gasteiger partial charge in [0.1, 0.15) is 0 Å². The molecule has 68 valence electrons. The van der Waals surface area contributed by atoms with E-state index in [9.17, 15) is 9.90 Å². The monoisotopic (exact) mass is 209 g/mol. The van der Waals surface area contributed by atoms with Gasteiger partial charge >= 0.3 is 51.4 Å². The molecular formula is C8H12KNO3. The summed E-state index contributed by atoms with van der Waals surface area (Å²) in [6.45, 7) is 4.37. The molecule has 0 aromatic heterocycles. The number of hydrogen-bond acceptors (Lipinski definition) is 4. The van der Waals surface area contributed by atoms with Crippen molar-refractivity contribution in [1.82, 2.24) is 4.90 Å². The average Bonchev–Trinajstić information content (AvgIpc) is 2.06. The number of hydrogen-bond donors (Lipinski definition) is 0. The molecule has 1 heterocycles. The smallest absolute Gasteiger partial charge is 0.545 e. The van der Waals surface area contributed by atoms with E-state index >= 15 is 0 Å². The van der Waals surface area contributed by atoms with Crippen LogP contribution >= 0.6 is 0 Å². The maximum absolute atomic E-state index is 10.3. The van der Waals surface area contributed by atoms with E-state index in [2.05, 4.69) is 0 Å². The van der Waals surface area contributed by atoms with Gasteiger partial charge in [-0.25, -0.2) is 0 Å². The first-order valence-corrected chi connectivity index (χ1v) is 3.91. The second kappa shape index (κ2) is 6.97. The molecule has 13 heavy (non-hydrogen) atoms. The van der Waals surface area contributed by atoms with Crippen molar-refractivity contribution in [3.8, 4) is 0 Å². The van der Waals surface area contributed by atoms with E-state index in [1.165, 1.54) is 6.92 Å². The quantitative estimate of drug-likeness (QED) is 0.343. The van der Waals surface area contributed by atoms with Crippen LogP contribution < -0.4 is 56.5 Å². The van der Waals surface area contributed by atoms with Gasteiger partial charge in [0.25, 0.3) is 0 Å². The zero-order valence-electron chi connectivity index (χ0n) is 8.08. The van der Waals surface area contributed by atoms with Crippen LogP contribution in [0.2, 0.25) is 0 Å². The molecule has 1 aliphatic heterocycles. The van der Waals surface area contributed by atoms with Gasteiger partial charge in [0.15, 0.2) is 0 Å². The summed E-state index contributed by atoms with van der Waals surface area (Å²) in [7, 11) is 0. The molecule has 0 bridgehead atoms. The molecule has 4 nitrogen and oxygen atoms in total. The van der Waals surface area contributed by atoms with Crippen molar-refractivity contribution < 1.29 is 66.0 Å². The predicted octanol–water partition coefficient (Wildman–Crippen LogP) is -4.02. The van der Waals surface area contributed by atoms with Crippen LogP contribution in [-0.2, 0) is 9.53 Å². The fourth-order valence-corrected chi connectivity index (χ4v) is 1.03. The third kappa shape index (κ3) is 5.14. The number of aliphatic carboxylic acids is 1. The van der Waals surface area contributed by atoms with Crippen molar-refractivity contribution in [1.29, 1.82) is 0 Å². The van der Waals surface area contributed by atoms with Crippen LogP contribution in [0, 0.1) is 0 Å². The summed E-state index contributed by atoms with van der Waals surface area (Å²) in [5.74, 6) is -1.11. The third-order valence-corrected chi connectivity index (χ3v) is 1.74. The minimum Gasteiger partial charge on any atom is -0.545 e. The van der Waals surface area contributed by atoms with E-state index in [0.29, 0.717) is 13.2 Å². The topological polar surface area (TPSA) is 52.6 Å². The number of carbonyl (C=O) groups excluding carboxylic acids is 1. The van der Waals surface area contributed by atoms with Crippen LogP contribution in [0.15, 0.2) is 11.8 Å². The van der Waals surface area contributed by atoms with E-state index < -0.39 is 5.97 Å². The number of morpholine rings is 1. The summed E-state index contributed by atoms with van der Waals surface area (Å²) in [5, 5.41) is 10.3. The number of nitrogens with zero attached hydrogens (tertiary/aromatic N) is 1. The van der Waals surface area contributed by atoms with Crippen molar-refractivity contribution in [3.05, 3.63) is 11.8 Å². The summed E-state index contributed by atoms with van der Waals surface area (Å²) in [4.78, 5) is 12.3. The third-order valence-electron chi connectivity index (χ3n) is 1.74. The Balaban J connectivity index is 0.00000144. The minimum atomic E-state index is -1.11. The number of carboxylic acid groups (broad SMARTS) is 1. The maximum atomic E-state index is 10.3. The fourth-order valence-electron chi connectivity index (χ4n) is 1.03. The molecule has 1 aliphatic rings. The molecule has 0 unspecified atom stereocenters. The van der Waals surface area contributed by atoms with Crippen LogP contribution in [-0.4, -0.2) is 37.2 Å². The van der Waals surface area contributed by atoms with Gasteiger partial charge in [0.2, 0.25) is 0 Å². The van der Waals surface area contributed by atoms with Crippen molar-refractivity contribution in [2.45, 2.75) is 6.92 Å². The SMILES string of the molecule is CC(=CN1CCOCC1)C(=O)[O-].[K+]. The zero-order chi connectivity index (χ0) is 8.97. The molecule has 0 aromatic carbocycles. The Kier molecular flexibility index (Phi) is 7.30. The van der Waals surface area contributed by atoms with E-state index in [1.54, 1.807) is 6.20 Å². The molecule has 0 N–H and O–H groups in total. The second-order valence-corrected chi connectivity index (χ2v) is 2.75. The van der Waals surface area contributed by atoms with Gasteiger partial charge < -0.3 is 19.5 Å². The Bertz CT molecular complexity index is 200. The first-order valence-electron chi connectivity index (χ1n) is 3.91. The maximum Gasteiger partial charge on any atom is 1.00 e. The molecule has 0 amide bonds. The molecule has 0 aliphatic carbocycles. The Labute approximate surface area is 120 Å². The molecule has 0 spiro atoms. The van der Waals surface area contributed by atoms with Crippen molar-refractivity contribution >= 4 is 5.97 Å². The van der Waals surface area contributed by atoms with Gasteiger partial charge in [-0.2, -0.15) is 0 Å². The van der Waals surface area contributed by atoms with Gasteiger partial charge in [0, 0.05) is 19.3 Å². The summed E-state index contributed by atoms with van der Waals surface area (Å²) in [6.07, 6.45) is 1.61. The van der Waals surface area contributed by atoms with E-state index in [4.69, 9.17) is 4.74 Å². The number of rotatable bonds is 2. The van der Waals surface area contributed by atoms with Crippen molar-refractivity contribution in [2.24, 2.45) is 0 Å². The predicted molar refractivity (Wildman–Crippen MR) is 41.2 cm³/mol. The minimum absolute atomic E-state index is 0. The molecular weight excluding hydrogens is 197 g/mol. The molecule has 0 aromatic rings. The average molecular weight is 209 g/mol. The molecule has 1 fully saturated rings. The standard InChI is InChI=1S/C8H13NO3.K/c1-7(8(10)11)6-9-2-4-12-5-3-9;/h6H,2-5H2,1H3,(H,10,11);/q;+1/p-1. The summed E-state index contributed by atoms with van der Waals surface area (Å²) >= 11 is 0. The van der Waals surface area contributed by atoms with Crippen LogP contribution in [0.4, 0.5) is 0 Å². The van der Waals surface area contributed by atoms with Crippen molar-refractivity contribution in [2.75, 3.05) is 26.3 Å². The van der Waals surface area contributed by atoms with E-state index in [0.717, 1.165) is 13.1 Å². The Morgan fingerprint density at radius 1 is 1.46 bits per heavy atom. The van der Waals surface area contributed by atoms with Gasteiger partial charge in [0.05, 0.1) is 19.2 Å². The first kappa shape index (κ1) is 13.6. The normalized spacial score (nSPS) is 17.9. The summed E-state index contributed by atoms with van der Waals surface area (Å²) < 4.78 is 5.11. The Morgan fingerprint density at radius 2 is 2.00 bits per heavy atom. The number of carbonyl (C=O) groups is 1. The molecule has 0 atom stereocenters. The number of carboxylic acids is 1. The van der Waals surface area contributed by atoms with Gasteiger partial charge in [-0.15, -0.1) is 0 Å². The Morgan fingerprint density at radius 3 is 2.46 bits per heavy atom. The summed E-state index contributed by atoms with van der Waals surface area (Å²) in [6, 6.07) is 0. The van der Waals surface area contributed by atoms with E-state index in [1.807, 2.05) is 4.90 Å². The van der Waals surface area contributed by atoms with Crippen LogP contribution in [0.25, 0.3) is 0 Å². The van der Waals surface area contributed by atoms with Crippen LogP contribution in [0.1, 0.15) is 6.92 Å². The molecule has 5 heteroatoms. The molecule has 1 rings (SSSR count). The van der Waals surface area contributed by atoms with Gasteiger partial charge in [-0.1, -0.05) is 0 Å². The van der Waals surface area contributed by atoms with E-state index in [-0.39, 0.29) is 57.0 Å².